The molecule has 4 nitrogen and oxygen atoms in total. The minimum absolute atomic E-state index is 0.0320. The fourth-order valence-electron chi connectivity index (χ4n) is 2.27. The Kier molecular flexibility index (Phi) is 5.08. The number of fused-ring (bicyclic) bond motifs is 1. The van der Waals surface area contributed by atoms with Crippen molar-refractivity contribution in [2.75, 3.05) is 0 Å². The zero-order valence-electron chi connectivity index (χ0n) is 12.5. The molecule has 2 rings (SSSR count). The molecular formula is C16H18ClNO3S. The van der Waals surface area contributed by atoms with Crippen molar-refractivity contribution < 1.29 is 14.7 Å². The number of carbonyl (C=O) groups excluding carboxylic acids is 1. The summed E-state index contributed by atoms with van der Waals surface area (Å²) in [5.41, 5.74) is 0.396. The maximum absolute atomic E-state index is 12.2. The number of hydrogen-bond donors (Lipinski definition) is 2. The summed E-state index contributed by atoms with van der Waals surface area (Å²) in [5, 5.41) is 15.2. The fraction of sp³-hybridized carbons (Fsp3) is 0.375. The molecule has 6 heteroatoms. The number of hydrogen-bond acceptors (Lipinski definition) is 3. The van der Waals surface area contributed by atoms with E-state index in [1.165, 1.54) is 0 Å². The Morgan fingerprint density at radius 1 is 1.36 bits per heavy atom. The van der Waals surface area contributed by atoms with Gasteiger partial charge in [0.25, 0.3) is 0 Å². The van der Waals surface area contributed by atoms with Gasteiger partial charge in [-0.1, -0.05) is 11.6 Å². The number of aliphatic carboxylic acids is 1. The SMILES string of the molecule is CC(C)(CCC(=O)O)NC(=O)Cc1csc2ccc(Cl)cc12. The Balaban J connectivity index is 2.04. The van der Waals surface area contributed by atoms with Gasteiger partial charge in [0.15, 0.2) is 0 Å². The van der Waals surface area contributed by atoms with Crippen LogP contribution in [0, 0.1) is 0 Å². The first-order chi connectivity index (χ1) is 10.3. The van der Waals surface area contributed by atoms with E-state index in [1.807, 2.05) is 37.4 Å². The second kappa shape index (κ2) is 6.67. The highest BCUT2D eigenvalue weighted by Crippen LogP contribution is 2.29. The molecular weight excluding hydrogens is 322 g/mol. The summed E-state index contributed by atoms with van der Waals surface area (Å²) in [6.07, 6.45) is 0.686. The lowest BCUT2D eigenvalue weighted by atomic mass is 9.98. The number of carboxylic acid groups (broad SMARTS) is 1. The molecule has 0 bridgehead atoms. The molecule has 1 aromatic heterocycles. The molecule has 0 unspecified atom stereocenters. The molecule has 0 radical (unpaired) electrons. The molecule has 1 heterocycles. The smallest absolute Gasteiger partial charge is 0.303 e. The normalized spacial score (nSPS) is 11.6. The van der Waals surface area contributed by atoms with Crippen LogP contribution in [0.1, 0.15) is 32.3 Å². The van der Waals surface area contributed by atoms with Crippen molar-refractivity contribution >= 4 is 44.9 Å². The molecule has 1 amide bonds. The van der Waals surface area contributed by atoms with E-state index in [-0.39, 0.29) is 18.7 Å². The topological polar surface area (TPSA) is 66.4 Å². The Bertz CT molecular complexity index is 708. The van der Waals surface area contributed by atoms with Gasteiger partial charge in [-0.2, -0.15) is 0 Å². The molecule has 0 spiro atoms. The van der Waals surface area contributed by atoms with Crippen LogP contribution in [0.25, 0.3) is 10.1 Å². The number of halogens is 1. The van der Waals surface area contributed by atoms with Gasteiger partial charge in [-0.25, -0.2) is 0 Å². The number of rotatable bonds is 6. The number of benzene rings is 1. The molecule has 2 N–H and O–H groups in total. The number of thiophene rings is 1. The summed E-state index contributed by atoms with van der Waals surface area (Å²) >= 11 is 7.59. The molecule has 2 aromatic rings. The average molecular weight is 340 g/mol. The average Bonchev–Trinajstić information content (AvgIpc) is 2.78. The number of amides is 1. The van der Waals surface area contributed by atoms with Crippen LogP contribution in [0.3, 0.4) is 0 Å². The van der Waals surface area contributed by atoms with Gasteiger partial charge in [-0.3, -0.25) is 9.59 Å². The van der Waals surface area contributed by atoms with E-state index in [9.17, 15) is 9.59 Å². The molecule has 0 fully saturated rings. The van der Waals surface area contributed by atoms with Crippen molar-refractivity contribution in [1.82, 2.24) is 5.32 Å². The van der Waals surface area contributed by atoms with Gasteiger partial charge in [0.05, 0.1) is 6.42 Å². The first-order valence-corrected chi connectivity index (χ1v) is 8.21. The molecule has 0 atom stereocenters. The van der Waals surface area contributed by atoms with E-state index in [0.29, 0.717) is 11.4 Å². The van der Waals surface area contributed by atoms with Crippen molar-refractivity contribution in [2.45, 2.75) is 38.6 Å². The lowest BCUT2D eigenvalue weighted by Gasteiger charge is -2.25. The van der Waals surface area contributed by atoms with Crippen molar-refractivity contribution in [3.8, 4) is 0 Å². The van der Waals surface area contributed by atoms with Crippen LogP contribution >= 0.6 is 22.9 Å². The van der Waals surface area contributed by atoms with E-state index in [0.717, 1.165) is 15.6 Å². The van der Waals surface area contributed by atoms with Crippen LogP contribution in [0.5, 0.6) is 0 Å². The molecule has 0 saturated carbocycles. The summed E-state index contributed by atoms with van der Waals surface area (Å²) in [6.45, 7) is 3.66. The van der Waals surface area contributed by atoms with Crippen molar-refractivity contribution in [1.29, 1.82) is 0 Å². The highest BCUT2D eigenvalue weighted by Gasteiger charge is 2.22. The molecule has 0 saturated heterocycles. The monoisotopic (exact) mass is 339 g/mol. The lowest BCUT2D eigenvalue weighted by molar-refractivity contribution is -0.137. The van der Waals surface area contributed by atoms with Crippen LogP contribution in [0.15, 0.2) is 23.6 Å². The van der Waals surface area contributed by atoms with E-state index in [1.54, 1.807) is 11.3 Å². The van der Waals surface area contributed by atoms with Crippen molar-refractivity contribution in [2.24, 2.45) is 0 Å². The molecule has 1 aromatic carbocycles. The maximum atomic E-state index is 12.2. The number of carboxylic acids is 1. The highest BCUT2D eigenvalue weighted by atomic mass is 35.5. The zero-order chi connectivity index (χ0) is 16.3. The van der Waals surface area contributed by atoms with E-state index >= 15 is 0 Å². The summed E-state index contributed by atoms with van der Waals surface area (Å²) in [6, 6.07) is 5.64. The third-order valence-electron chi connectivity index (χ3n) is 3.41. The van der Waals surface area contributed by atoms with E-state index < -0.39 is 11.5 Å². The van der Waals surface area contributed by atoms with E-state index in [2.05, 4.69) is 5.32 Å². The van der Waals surface area contributed by atoms with Crippen LogP contribution < -0.4 is 5.32 Å². The van der Waals surface area contributed by atoms with Crippen molar-refractivity contribution in [3.05, 3.63) is 34.2 Å². The summed E-state index contributed by atoms with van der Waals surface area (Å²) in [5.74, 6) is -0.976. The van der Waals surface area contributed by atoms with Crippen LogP contribution in [-0.4, -0.2) is 22.5 Å². The van der Waals surface area contributed by atoms with Gasteiger partial charge in [-0.05, 0) is 54.8 Å². The predicted molar refractivity (Wildman–Crippen MR) is 89.6 cm³/mol. The molecule has 0 aliphatic carbocycles. The van der Waals surface area contributed by atoms with Gasteiger partial charge in [-0.15, -0.1) is 11.3 Å². The second-order valence-corrected chi connectivity index (χ2v) is 7.25. The Hall–Kier alpha value is -1.59. The quantitative estimate of drug-likeness (QED) is 0.839. The number of carbonyl (C=O) groups is 2. The third-order valence-corrected chi connectivity index (χ3v) is 4.66. The molecule has 118 valence electrons. The van der Waals surface area contributed by atoms with Gasteiger partial charge in [0, 0.05) is 21.7 Å². The first kappa shape index (κ1) is 16.8. The van der Waals surface area contributed by atoms with Crippen molar-refractivity contribution in [3.63, 3.8) is 0 Å². The summed E-state index contributed by atoms with van der Waals surface area (Å²) in [4.78, 5) is 22.9. The molecule has 0 aliphatic rings. The van der Waals surface area contributed by atoms with Gasteiger partial charge >= 0.3 is 5.97 Å². The van der Waals surface area contributed by atoms with Gasteiger partial charge < -0.3 is 10.4 Å². The van der Waals surface area contributed by atoms with Crippen LogP contribution in [0.2, 0.25) is 5.02 Å². The van der Waals surface area contributed by atoms with Gasteiger partial charge in [0.2, 0.25) is 5.91 Å². The largest absolute Gasteiger partial charge is 0.481 e. The van der Waals surface area contributed by atoms with Crippen LogP contribution in [-0.2, 0) is 16.0 Å². The number of nitrogens with one attached hydrogen (secondary N) is 1. The standard InChI is InChI=1S/C16H18ClNO3S/c1-16(2,6-5-15(20)21)18-14(19)7-10-9-22-13-4-3-11(17)8-12(10)13/h3-4,8-9H,5-7H2,1-2H3,(H,18,19)(H,20,21). The minimum Gasteiger partial charge on any atom is -0.481 e. The van der Waals surface area contributed by atoms with Crippen LogP contribution in [0.4, 0.5) is 0 Å². The first-order valence-electron chi connectivity index (χ1n) is 6.95. The zero-order valence-corrected chi connectivity index (χ0v) is 14.1. The highest BCUT2D eigenvalue weighted by molar-refractivity contribution is 7.17. The Morgan fingerprint density at radius 3 is 2.77 bits per heavy atom. The predicted octanol–water partition coefficient (Wildman–Crippen LogP) is 3.86. The Morgan fingerprint density at radius 2 is 2.09 bits per heavy atom. The van der Waals surface area contributed by atoms with Gasteiger partial charge in [0.1, 0.15) is 0 Å². The maximum Gasteiger partial charge on any atom is 0.303 e. The minimum atomic E-state index is -0.860. The second-order valence-electron chi connectivity index (χ2n) is 5.90. The Labute approximate surface area is 138 Å². The third kappa shape index (κ3) is 4.45. The molecule has 22 heavy (non-hydrogen) atoms. The van der Waals surface area contributed by atoms with E-state index in [4.69, 9.17) is 16.7 Å². The summed E-state index contributed by atoms with van der Waals surface area (Å²) < 4.78 is 1.09. The summed E-state index contributed by atoms with van der Waals surface area (Å²) in [7, 11) is 0. The lowest BCUT2D eigenvalue weighted by Crippen LogP contribution is -2.44. The fourth-order valence-corrected chi connectivity index (χ4v) is 3.38. The molecule has 0 aliphatic heterocycles.